The minimum Gasteiger partial charge on any atom is -0.508 e. The van der Waals surface area contributed by atoms with E-state index in [-0.39, 0.29) is 120 Å². The molecule has 0 bridgehead atoms. The molecule has 32 N–H and O–H groups in total. The number of primary amides is 2. The van der Waals surface area contributed by atoms with Crippen molar-refractivity contribution in [2.75, 3.05) is 26.2 Å². The van der Waals surface area contributed by atoms with Crippen LogP contribution in [0.15, 0.2) is 140 Å². The Hall–Kier alpha value is -15.1. The first-order chi connectivity index (χ1) is 67.1. The molecule has 764 valence electrons. The predicted molar refractivity (Wildman–Crippen MR) is 523 cm³/mol. The number of fused-ring (bicyclic) bond motifs is 2. The summed E-state index contributed by atoms with van der Waals surface area (Å²) in [5.74, 6) is -17.3. The van der Waals surface area contributed by atoms with Gasteiger partial charge >= 0.3 is 0 Å². The lowest BCUT2D eigenvalue weighted by atomic mass is 9.96. The van der Waals surface area contributed by atoms with Crippen LogP contribution in [0.4, 0.5) is 0 Å². The van der Waals surface area contributed by atoms with Crippen LogP contribution in [-0.4, -0.2) is 249 Å². The van der Waals surface area contributed by atoms with Gasteiger partial charge in [-0.1, -0.05) is 125 Å². The van der Waals surface area contributed by atoms with Crippen LogP contribution in [0.2, 0.25) is 0 Å². The minimum absolute atomic E-state index is 0.0691. The predicted octanol–water partition coefficient (Wildman–Crippen LogP) is -2.11. The van der Waals surface area contributed by atoms with E-state index in [4.69, 9.17) is 34.1 Å². The fourth-order valence-corrected chi connectivity index (χ4v) is 15.4. The first kappa shape index (κ1) is 113. The number of aromatic hydroxyl groups is 2. The van der Waals surface area contributed by atoms with Crippen molar-refractivity contribution in [2.24, 2.45) is 40.5 Å². The van der Waals surface area contributed by atoms with Gasteiger partial charge in [0.1, 0.15) is 102 Å². The van der Waals surface area contributed by atoms with E-state index in [1.54, 1.807) is 119 Å². The topological polar surface area (TPSA) is 729 Å². The maximum Gasteiger partial charge on any atom is 0.245 e. The number of hydrogen-bond acceptors (Lipinski definition) is 23. The third kappa shape index (κ3) is 37.0. The van der Waals surface area contributed by atoms with Crippen molar-refractivity contribution in [1.29, 1.82) is 5.41 Å². The van der Waals surface area contributed by atoms with Gasteiger partial charge in [0, 0.05) is 79.8 Å². The summed E-state index contributed by atoms with van der Waals surface area (Å²) in [4.78, 5) is 248. The Labute approximate surface area is 816 Å². The molecule has 0 aliphatic carbocycles. The number of rotatable bonds is 59. The van der Waals surface area contributed by atoms with Crippen molar-refractivity contribution < 1.29 is 96.8 Å². The molecule has 0 saturated heterocycles. The second kappa shape index (κ2) is 56.7. The number of unbranched alkanes of at least 4 members (excludes halogenated alkanes) is 2. The number of benzene rings is 5. The van der Waals surface area contributed by atoms with Crippen LogP contribution in [0.5, 0.6) is 11.5 Å². The molecule has 2 heterocycles. The largest absolute Gasteiger partial charge is 0.508 e. The zero-order valence-electron chi connectivity index (χ0n) is 80.4. The molecule has 7 rings (SSSR count). The van der Waals surface area contributed by atoms with Crippen LogP contribution in [0.3, 0.4) is 0 Å². The molecule has 0 aliphatic rings. The Morgan fingerprint density at radius 3 is 1.13 bits per heavy atom. The number of para-hydroxylation sites is 2. The van der Waals surface area contributed by atoms with Crippen molar-refractivity contribution in [2.45, 2.75) is 249 Å². The summed E-state index contributed by atoms with van der Waals surface area (Å²) in [6.07, 6.45) is 3.14. The van der Waals surface area contributed by atoms with Crippen molar-refractivity contribution in [3.8, 4) is 11.5 Å². The summed E-state index contributed by atoms with van der Waals surface area (Å²) in [5, 5.41) is 81.5. The number of phenols is 2. The van der Waals surface area contributed by atoms with Gasteiger partial charge in [0.25, 0.3) is 0 Å². The van der Waals surface area contributed by atoms with Crippen LogP contribution in [0.25, 0.3) is 21.8 Å². The number of aromatic amines is 2. The summed E-state index contributed by atoms with van der Waals surface area (Å²) in [6, 6.07) is 11.7. The van der Waals surface area contributed by atoms with Crippen molar-refractivity contribution in [1.82, 2.24) is 95.0 Å². The highest BCUT2D eigenvalue weighted by Crippen LogP contribution is 2.24. The zero-order valence-corrected chi connectivity index (χ0v) is 80.4. The van der Waals surface area contributed by atoms with Gasteiger partial charge in [-0.2, -0.15) is 0 Å². The molecule has 16 atom stereocenters. The van der Waals surface area contributed by atoms with Crippen LogP contribution < -0.4 is 114 Å². The van der Waals surface area contributed by atoms with Crippen LogP contribution in [0.1, 0.15) is 154 Å². The molecule has 141 heavy (non-hydrogen) atoms. The average Bonchev–Trinajstić information content (AvgIpc) is 1.57. The summed E-state index contributed by atoms with van der Waals surface area (Å²) in [5.41, 5.74) is 31.6. The zero-order chi connectivity index (χ0) is 104. The van der Waals surface area contributed by atoms with Gasteiger partial charge < -0.3 is 139 Å². The number of hydrogen-bond donors (Lipinski definition) is 27. The molecule has 0 saturated carbocycles. The Morgan fingerprint density at radius 1 is 0.362 bits per heavy atom. The van der Waals surface area contributed by atoms with Gasteiger partial charge in [0.2, 0.25) is 100 Å². The SMILES string of the molecule is CC[C@H](C)[C@H](NC(=O)[C@H](Cc1c[nH]c2ccccc12)NC(=O)[C@H](Cc1ccccc1)NC(=O)[C@H](Cc1ccc(O)cc1)NC(=O)[C@H](C)NC(=O)[C@H](CCCNC(=N)N)NC(C)=O)C(=O)N[C@@H](C)C(=O)N[C@@H](Cc1c[nH]c2ccccc12)C(=O)N[C@@H](Cc1ccc(O)cc1)C(=O)N[C@@H](CCCCN)C(=O)N[C@@H](CC(C)C)C(=O)N[C@@H](C)C(=O)N[C@@H](CC(N)=O)C(=O)N[C@@H](CO)C(=O)N[C@@H](CCCCN)C(N)=O. The highest BCUT2D eigenvalue weighted by atomic mass is 16.3. The molecular formula is C97H136N24O20. The van der Waals surface area contributed by atoms with Crippen molar-refractivity contribution in [3.63, 3.8) is 0 Å². The van der Waals surface area contributed by atoms with Gasteiger partial charge in [-0.15, -0.1) is 0 Å². The van der Waals surface area contributed by atoms with E-state index >= 15 is 33.6 Å². The second-order valence-corrected chi connectivity index (χ2v) is 35.4. The molecule has 2 aromatic heterocycles. The first-order valence-corrected chi connectivity index (χ1v) is 47.0. The van der Waals surface area contributed by atoms with E-state index in [1.165, 1.54) is 76.2 Å². The van der Waals surface area contributed by atoms with E-state index < -0.39 is 210 Å². The van der Waals surface area contributed by atoms with Crippen molar-refractivity contribution in [3.05, 3.63) is 168 Å². The molecule has 0 spiro atoms. The molecule has 5 aromatic carbocycles. The minimum atomic E-state index is -1.80. The second-order valence-electron chi connectivity index (χ2n) is 35.4. The van der Waals surface area contributed by atoms with E-state index in [9.17, 15) is 63.3 Å². The Morgan fingerprint density at radius 2 is 0.702 bits per heavy atom. The maximum atomic E-state index is 15.5. The highest BCUT2D eigenvalue weighted by molar-refractivity contribution is 6.02. The number of H-pyrrole nitrogens is 2. The number of aliphatic hydroxyl groups is 1. The molecule has 0 aliphatic heterocycles. The number of phenolic OH excluding ortho intramolecular Hbond substituents is 2. The number of aromatic nitrogens is 2. The van der Waals surface area contributed by atoms with Gasteiger partial charge in [-0.05, 0) is 168 Å². The van der Waals surface area contributed by atoms with Crippen LogP contribution >= 0.6 is 0 Å². The third-order valence-corrected chi connectivity index (χ3v) is 23.5. The molecule has 44 nitrogen and oxygen atoms in total. The number of aliphatic hydroxyl groups excluding tert-OH is 1. The maximum absolute atomic E-state index is 15.5. The molecule has 17 amide bonds. The summed E-state index contributed by atoms with van der Waals surface area (Å²) >= 11 is 0. The van der Waals surface area contributed by atoms with E-state index in [1.807, 2.05) is 0 Å². The summed E-state index contributed by atoms with van der Waals surface area (Å²) in [7, 11) is 0. The lowest BCUT2D eigenvalue weighted by Gasteiger charge is -2.29. The number of carbonyl (C=O) groups excluding carboxylic acids is 17. The molecule has 0 unspecified atom stereocenters. The van der Waals surface area contributed by atoms with Crippen LogP contribution in [-0.2, 0) is 114 Å². The quantitative estimate of drug-likeness (QED) is 0.0110. The number of carbonyl (C=O) groups is 17. The van der Waals surface area contributed by atoms with Crippen molar-refractivity contribution >= 4 is 128 Å². The molecule has 7 aromatic rings. The van der Waals surface area contributed by atoms with Gasteiger partial charge in [0.15, 0.2) is 5.96 Å². The standard InChI is InChI=1S/C97H136N24O20/c1-9-53(4)81(121-94(139)77(47-62-50-106-68-27-16-14-25-66(62)68)119-91(136)74(43-58-22-11-10-12-23-58)117-90(135)73(44-59-31-35-63(124)36-32-59)113-83(128)54(5)107-86(131)70(110-57(8)123)30-21-41-104-97(102)103)96(141)109-56(7)85(130)114-76(46-61-49-105-67-26-15-13-24-65(61)67)92(137)118-75(45-60-33-37-64(125)38-34-60)89(134)112-71(29-18-20-40-99)87(132)116-72(42-52(2)3)88(133)108-55(6)84(129)115-78(48-80(100)126)93(138)120-79(51-122)95(140)111-69(82(101)127)28-17-19-39-98/h10-16,22-27,31-38,49-50,52-56,69-79,81,105-106,122,124-125H,9,17-21,28-30,39-48,51,98-99H2,1-8H3,(H2,100,126)(H2,101,127)(H,107,131)(H,108,133)(H,109,141)(H,110,123)(H,111,140)(H,112,134)(H,113,128)(H,114,130)(H,115,129)(H,116,132)(H,117,135)(H,118,137)(H,119,136)(H,120,138)(H,121,139)(H4,102,103,104)/t53-,54-,55-,56-,69-,70-,71-,72-,73-,74-,75-,76-,77-,78-,79-,81-/m0/s1. The first-order valence-electron chi connectivity index (χ1n) is 47.0. The smallest absolute Gasteiger partial charge is 0.245 e. The fourth-order valence-electron chi connectivity index (χ4n) is 15.4. The van der Waals surface area contributed by atoms with E-state index in [2.05, 4.69) is 95.0 Å². The van der Waals surface area contributed by atoms with E-state index in [0.717, 1.165) is 0 Å². The number of guanidine groups is 1. The lowest BCUT2D eigenvalue weighted by molar-refractivity contribution is -0.136. The summed E-state index contributed by atoms with van der Waals surface area (Å²) < 4.78 is 0. The lowest BCUT2D eigenvalue weighted by Crippen LogP contribution is -2.62. The van der Waals surface area contributed by atoms with Gasteiger partial charge in [0.05, 0.1) is 13.0 Å². The molecule has 44 heteroatoms. The summed E-state index contributed by atoms with van der Waals surface area (Å²) in [6.45, 7) is 11.6. The van der Waals surface area contributed by atoms with Gasteiger partial charge in [-0.25, -0.2) is 0 Å². The number of nitrogens with one attached hydrogen (secondary N) is 19. The molecule has 0 fully saturated rings. The Balaban J connectivity index is 1.13. The number of nitrogens with two attached hydrogens (primary N) is 5. The fraction of sp³-hybridized carbons (Fsp3) is 0.464. The molecule has 0 radical (unpaired) electrons. The average molecular weight is 1960 g/mol. The van der Waals surface area contributed by atoms with E-state index in [0.29, 0.717) is 68.9 Å². The highest BCUT2D eigenvalue weighted by Gasteiger charge is 2.40. The Bertz CT molecular complexity index is 5450. The molecular weight excluding hydrogens is 1820 g/mol. The van der Waals surface area contributed by atoms with Crippen LogP contribution in [0, 0.1) is 17.2 Å². The van der Waals surface area contributed by atoms with Gasteiger partial charge in [-0.3, -0.25) is 86.9 Å². The third-order valence-electron chi connectivity index (χ3n) is 23.5. The Kier molecular flexibility index (Phi) is 45.4. The normalized spacial score (nSPS) is 14.6. The monoisotopic (exact) mass is 1960 g/mol. The number of amides is 17.